The van der Waals surface area contributed by atoms with E-state index in [1.54, 1.807) is 60.7 Å². The van der Waals surface area contributed by atoms with E-state index in [-0.39, 0.29) is 22.5 Å². The summed E-state index contributed by atoms with van der Waals surface area (Å²) in [6.45, 7) is 2.37. The first-order valence-corrected chi connectivity index (χ1v) is 10.6. The summed E-state index contributed by atoms with van der Waals surface area (Å²) >= 11 is 0. The molecule has 0 radical (unpaired) electrons. The third-order valence-corrected chi connectivity index (χ3v) is 4.96. The van der Waals surface area contributed by atoms with Crippen molar-refractivity contribution in [2.75, 3.05) is 10.9 Å². The molecule has 0 aliphatic heterocycles. The molecular weight excluding hydrogens is 468 g/mol. The van der Waals surface area contributed by atoms with Crippen LogP contribution in [0.5, 0.6) is 0 Å². The molecule has 3 aromatic carbocycles. The summed E-state index contributed by atoms with van der Waals surface area (Å²) in [5.74, 6) is -1.16. The predicted octanol–water partition coefficient (Wildman–Crippen LogP) is 2.83. The van der Waals surface area contributed by atoms with Gasteiger partial charge in [0.25, 0.3) is 11.4 Å². The first-order valence-electron chi connectivity index (χ1n) is 10.6. The Kier molecular flexibility index (Phi) is 7.92. The second-order valence-electron chi connectivity index (χ2n) is 7.50. The Labute approximate surface area is 205 Å². The fourth-order valence-electron chi connectivity index (χ4n) is 3.28. The number of benzene rings is 3. The largest absolute Gasteiger partial charge is 0.874 e. The van der Waals surface area contributed by atoms with Gasteiger partial charge in [-0.25, -0.2) is 0 Å². The predicted molar refractivity (Wildman–Crippen MR) is 131 cm³/mol. The van der Waals surface area contributed by atoms with Crippen LogP contribution in [0, 0.1) is 20.2 Å². The summed E-state index contributed by atoms with van der Waals surface area (Å²) < 4.78 is 0. The minimum atomic E-state index is -0.831. The van der Waals surface area contributed by atoms with Gasteiger partial charge in [0.15, 0.2) is 0 Å². The van der Waals surface area contributed by atoms with Crippen LogP contribution in [0.25, 0.3) is 11.4 Å². The number of nitro groups is 2. The molecule has 0 saturated carbocycles. The molecule has 0 heterocycles. The Morgan fingerprint density at radius 1 is 0.639 bits per heavy atom. The van der Waals surface area contributed by atoms with E-state index in [2.05, 4.69) is 21.7 Å². The van der Waals surface area contributed by atoms with Crippen molar-refractivity contribution in [2.45, 2.75) is 13.8 Å². The Morgan fingerprint density at radius 2 is 1.00 bits per heavy atom. The monoisotopic (exact) mass is 490 g/mol. The maximum absolute atomic E-state index is 12.5. The summed E-state index contributed by atoms with van der Waals surface area (Å²) in [6.07, 6.45) is 0. The van der Waals surface area contributed by atoms with Gasteiger partial charge in [0.2, 0.25) is 0 Å². The third kappa shape index (κ3) is 5.99. The molecule has 0 amide bonds. The zero-order valence-corrected chi connectivity index (χ0v) is 19.3. The van der Waals surface area contributed by atoms with E-state index in [1.807, 2.05) is 0 Å². The molecule has 186 valence electrons. The molecule has 0 aliphatic rings. The van der Waals surface area contributed by atoms with Crippen LogP contribution < -0.4 is 31.9 Å². The van der Waals surface area contributed by atoms with E-state index >= 15 is 0 Å². The first kappa shape index (κ1) is 25.4. The quantitative estimate of drug-likeness (QED) is 0.187. The summed E-state index contributed by atoms with van der Waals surface area (Å²) in [5.41, 5.74) is 9.72. The van der Waals surface area contributed by atoms with Crippen LogP contribution in [0.15, 0.2) is 84.3 Å². The van der Waals surface area contributed by atoms with Crippen LogP contribution in [0.2, 0.25) is 0 Å². The number of nitrogens with zero attached hydrogens (tertiary/aromatic N) is 2. The molecule has 0 spiro atoms. The molecule has 0 fully saturated rings. The topological polar surface area (TPSA) is 181 Å². The van der Waals surface area contributed by atoms with Crippen molar-refractivity contribution in [3.63, 3.8) is 0 Å². The molecule has 12 nitrogen and oxygen atoms in total. The van der Waals surface area contributed by atoms with Crippen molar-refractivity contribution >= 4 is 34.1 Å². The van der Waals surface area contributed by atoms with E-state index in [4.69, 9.17) is 0 Å². The van der Waals surface area contributed by atoms with Gasteiger partial charge in [-0.05, 0) is 30.3 Å². The van der Waals surface area contributed by atoms with Crippen molar-refractivity contribution in [2.24, 2.45) is 0 Å². The highest BCUT2D eigenvalue weighted by atomic mass is 16.6. The molecule has 0 bridgehead atoms. The van der Waals surface area contributed by atoms with Gasteiger partial charge >= 0.3 is 0 Å². The SMILES string of the molecule is CC([O-])=C(NNc1ccccc1)c1cc(C(NNc2ccccc2)=C(C)[O-])c([N+](=O)[O-])cc1[N+](=O)[O-]. The fraction of sp³-hybridized carbons (Fsp3) is 0.0833. The molecule has 0 saturated heterocycles. The number of para-hydroxylation sites is 2. The molecule has 0 aliphatic carbocycles. The van der Waals surface area contributed by atoms with Crippen molar-refractivity contribution in [1.29, 1.82) is 0 Å². The van der Waals surface area contributed by atoms with Crippen molar-refractivity contribution in [1.82, 2.24) is 10.9 Å². The summed E-state index contributed by atoms with van der Waals surface area (Å²) in [4.78, 5) is 22.0. The number of hydrazine groups is 2. The van der Waals surface area contributed by atoms with Gasteiger partial charge in [-0.3, -0.25) is 20.2 Å². The second-order valence-corrected chi connectivity index (χ2v) is 7.50. The highest BCUT2D eigenvalue weighted by Gasteiger charge is 2.28. The number of allylic oxidation sites excluding steroid dienone is 2. The van der Waals surface area contributed by atoms with Gasteiger partial charge in [-0.2, -0.15) is 0 Å². The van der Waals surface area contributed by atoms with Crippen LogP contribution in [0.4, 0.5) is 22.7 Å². The third-order valence-electron chi connectivity index (χ3n) is 4.96. The van der Waals surface area contributed by atoms with Gasteiger partial charge in [0, 0.05) is 0 Å². The lowest BCUT2D eigenvalue weighted by atomic mass is 10.0. The maximum atomic E-state index is 12.5. The molecule has 12 heteroatoms. The van der Waals surface area contributed by atoms with Gasteiger partial charge in [0.1, 0.15) is 0 Å². The molecule has 3 rings (SSSR count). The smallest absolute Gasteiger partial charge is 0.285 e. The average molecular weight is 490 g/mol. The van der Waals surface area contributed by atoms with Gasteiger partial charge < -0.3 is 31.9 Å². The highest BCUT2D eigenvalue weighted by molar-refractivity contribution is 5.82. The van der Waals surface area contributed by atoms with E-state index in [0.717, 1.165) is 12.1 Å². The van der Waals surface area contributed by atoms with E-state index < -0.39 is 32.7 Å². The molecule has 4 N–H and O–H groups in total. The number of hydrogen-bond acceptors (Lipinski definition) is 10. The van der Waals surface area contributed by atoms with Crippen molar-refractivity contribution in [3.05, 3.63) is 116 Å². The molecule has 36 heavy (non-hydrogen) atoms. The number of rotatable bonds is 10. The maximum Gasteiger partial charge on any atom is 0.285 e. The first-order chi connectivity index (χ1) is 17.2. The standard InChI is InChI=1S/C24H24N6O6/c1-15(31)23(27-25-17-9-5-3-6-10-17)19-13-20(22(30(35)36)14-21(19)29(33)34)24(16(2)32)28-26-18-11-7-4-8-12-18/h3-14,25-28,31-32H,1-2H3/p-2. The van der Waals surface area contributed by atoms with Crippen LogP contribution in [0.1, 0.15) is 25.0 Å². The van der Waals surface area contributed by atoms with E-state index in [1.165, 1.54) is 13.8 Å². The highest BCUT2D eigenvalue weighted by Crippen LogP contribution is 2.36. The van der Waals surface area contributed by atoms with Crippen LogP contribution in [-0.2, 0) is 0 Å². The lowest BCUT2D eigenvalue weighted by molar-refractivity contribution is -0.394. The molecule has 0 atom stereocenters. The second kappa shape index (κ2) is 11.2. The summed E-state index contributed by atoms with van der Waals surface area (Å²) in [5, 5.41) is 48.6. The van der Waals surface area contributed by atoms with Gasteiger partial charge in [0.05, 0.1) is 49.8 Å². The Morgan fingerprint density at radius 3 is 1.31 bits per heavy atom. The molecule has 0 aromatic heterocycles. The normalized spacial score (nSPS) is 12.1. The van der Waals surface area contributed by atoms with Crippen LogP contribution in [0.3, 0.4) is 0 Å². The molecule has 0 unspecified atom stereocenters. The lowest BCUT2D eigenvalue weighted by Crippen LogP contribution is -2.26. The average Bonchev–Trinajstić information content (AvgIpc) is 2.85. The Balaban J connectivity index is 2.12. The van der Waals surface area contributed by atoms with Gasteiger partial charge in [-0.15, -0.1) is 11.5 Å². The molecular formula is C24H22N6O6-2. The summed E-state index contributed by atoms with van der Waals surface area (Å²) in [7, 11) is 0. The van der Waals surface area contributed by atoms with Crippen molar-refractivity contribution in [3.8, 4) is 0 Å². The number of hydrogen-bond donors (Lipinski definition) is 4. The zero-order valence-electron chi connectivity index (χ0n) is 19.3. The summed E-state index contributed by atoms with van der Waals surface area (Å²) in [6, 6.07) is 19.1. The zero-order chi connectivity index (χ0) is 26.2. The molecule has 3 aromatic rings. The van der Waals surface area contributed by atoms with Crippen LogP contribution >= 0.6 is 0 Å². The Hall–Kier alpha value is -5.26. The number of anilines is 2. The van der Waals surface area contributed by atoms with Crippen molar-refractivity contribution < 1.29 is 20.1 Å². The van der Waals surface area contributed by atoms with Crippen LogP contribution in [-0.4, -0.2) is 9.85 Å². The van der Waals surface area contributed by atoms with Gasteiger partial charge in [-0.1, -0.05) is 50.2 Å². The lowest BCUT2D eigenvalue weighted by Gasteiger charge is -2.22. The minimum absolute atomic E-state index is 0.222. The number of nitro benzene ring substituents is 2. The van der Waals surface area contributed by atoms with E-state index in [0.29, 0.717) is 11.4 Å². The Bertz CT molecular complexity index is 1220. The number of nitrogens with one attached hydrogen (secondary N) is 4. The van der Waals surface area contributed by atoms with E-state index in [9.17, 15) is 30.4 Å². The fourth-order valence-corrected chi connectivity index (χ4v) is 3.28. The minimum Gasteiger partial charge on any atom is -0.874 e.